The van der Waals surface area contributed by atoms with Crippen molar-refractivity contribution in [1.82, 2.24) is 4.90 Å². The van der Waals surface area contributed by atoms with Crippen molar-refractivity contribution in [2.45, 2.75) is 19.8 Å². The van der Waals surface area contributed by atoms with E-state index in [1.165, 1.54) is 5.56 Å². The van der Waals surface area contributed by atoms with Crippen LogP contribution in [0.15, 0.2) is 44.9 Å². The predicted molar refractivity (Wildman–Crippen MR) is 105 cm³/mol. The van der Waals surface area contributed by atoms with Crippen LogP contribution in [0.5, 0.6) is 0 Å². The number of aryl methyl sites for hydroxylation is 2. The summed E-state index contributed by atoms with van der Waals surface area (Å²) in [6, 6.07) is 4.10. The monoisotopic (exact) mass is 435 g/mol. The van der Waals surface area contributed by atoms with Crippen LogP contribution in [0.1, 0.15) is 17.5 Å². The van der Waals surface area contributed by atoms with Crippen molar-refractivity contribution >= 4 is 43.4 Å². The number of hydrogen-bond acceptors (Lipinski definition) is 4. The number of fused-ring (bicyclic) bond motifs is 2. The Kier molecular flexibility index (Phi) is 4.27. The van der Waals surface area contributed by atoms with Crippen molar-refractivity contribution in [3.63, 3.8) is 0 Å². The first-order valence-electron chi connectivity index (χ1n) is 8.44. The molecule has 3 aliphatic rings. The number of sulfonamides is 1. The second kappa shape index (κ2) is 6.35. The Labute approximate surface area is 161 Å². The van der Waals surface area contributed by atoms with Crippen molar-refractivity contribution in [3.05, 3.63) is 51.7 Å². The van der Waals surface area contributed by atoms with Gasteiger partial charge in [-0.05, 0) is 55.2 Å². The normalized spacial score (nSPS) is 20.8. The van der Waals surface area contributed by atoms with E-state index < -0.39 is 10.0 Å². The smallest absolute Gasteiger partial charge is 0.259 e. The van der Waals surface area contributed by atoms with Gasteiger partial charge in [-0.3, -0.25) is 4.79 Å². The summed E-state index contributed by atoms with van der Waals surface area (Å²) in [5.74, 6) is 0.259. The van der Waals surface area contributed by atoms with Gasteiger partial charge < -0.3 is 9.80 Å². The molecule has 8 heteroatoms. The van der Waals surface area contributed by atoms with E-state index in [2.05, 4.69) is 26.4 Å². The summed E-state index contributed by atoms with van der Waals surface area (Å²) in [6.07, 6.45) is 6.83. The third-order valence-electron chi connectivity index (χ3n) is 4.76. The number of hydrogen-bond donors (Lipinski definition) is 0. The van der Waals surface area contributed by atoms with Crippen LogP contribution < -0.4 is 4.90 Å². The van der Waals surface area contributed by atoms with E-state index >= 15 is 0 Å². The number of amides is 1. The zero-order valence-corrected chi connectivity index (χ0v) is 16.7. The molecule has 0 spiro atoms. The Morgan fingerprint density at radius 1 is 1.23 bits per heavy atom. The van der Waals surface area contributed by atoms with Gasteiger partial charge in [0, 0.05) is 23.8 Å². The molecule has 6 nitrogen and oxygen atoms in total. The Bertz CT molecular complexity index is 995. The lowest BCUT2D eigenvalue weighted by Gasteiger charge is -2.33. The molecule has 0 aromatic heterocycles. The van der Waals surface area contributed by atoms with Gasteiger partial charge in [-0.1, -0.05) is 15.9 Å². The number of carbonyl (C=O) groups is 1. The van der Waals surface area contributed by atoms with E-state index in [4.69, 9.17) is 0 Å². The van der Waals surface area contributed by atoms with E-state index in [-0.39, 0.29) is 11.7 Å². The summed E-state index contributed by atoms with van der Waals surface area (Å²) in [4.78, 5) is 16.7. The van der Waals surface area contributed by atoms with Crippen molar-refractivity contribution in [1.29, 1.82) is 0 Å². The van der Waals surface area contributed by atoms with Crippen LogP contribution in [0, 0.1) is 6.92 Å². The van der Waals surface area contributed by atoms with E-state index in [0.717, 1.165) is 28.6 Å². The van der Waals surface area contributed by atoms with Crippen LogP contribution in [-0.2, 0) is 21.2 Å². The molecule has 0 atom stereocenters. The van der Waals surface area contributed by atoms with Crippen LogP contribution in [0.4, 0.5) is 5.69 Å². The lowest BCUT2D eigenvalue weighted by Crippen LogP contribution is -2.40. The first kappa shape index (κ1) is 17.5. The number of amidine groups is 1. The van der Waals surface area contributed by atoms with Crippen LogP contribution in [-0.4, -0.2) is 43.9 Å². The summed E-state index contributed by atoms with van der Waals surface area (Å²) in [7, 11) is -3.40. The van der Waals surface area contributed by atoms with Crippen LogP contribution in [0.2, 0.25) is 0 Å². The van der Waals surface area contributed by atoms with Gasteiger partial charge in [-0.15, -0.1) is 4.40 Å². The molecular weight excluding hydrogens is 418 g/mol. The minimum Gasteiger partial charge on any atom is -0.330 e. The highest BCUT2D eigenvalue weighted by Crippen LogP contribution is 2.34. The molecule has 0 bridgehead atoms. The standard InChI is InChI=1S/C18H18BrN3O3S/c1-12-9-15(19)10-13-3-2-6-22(17(12)13)18(23)14-4-5-16-20-26(24,25)8-7-21(16)11-14/h4-5,9-11H,2-3,6-8H2,1H3. The zero-order chi connectivity index (χ0) is 18.5. The summed E-state index contributed by atoms with van der Waals surface area (Å²) in [5.41, 5.74) is 3.76. The molecule has 3 heterocycles. The highest BCUT2D eigenvalue weighted by molar-refractivity contribution is 9.10. The van der Waals surface area contributed by atoms with Crippen molar-refractivity contribution in [3.8, 4) is 0 Å². The molecule has 0 radical (unpaired) electrons. The largest absolute Gasteiger partial charge is 0.330 e. The fourth-order valence-electron chi connectivity index (χ4n) is 3.61. The van der Waals surface area contributed by atoms with Gasteiger partial charge in [0.2, 0.25) is 0 Å². The number of nitrogens with zero attached hydrogens (tertiary/aromatic N) is 3. The highest BCUT2D eigenvalue weighted by Gasteiger charge is 2.29. The van der Waals surface area contributed by atoms with Crippen LogP contribution in [0.3, 0.4) is 0 Å². The highest BCUT2D eigenvalue weighted by atomic mass is 79.9. The molecule has 1 aromatic carbocycles. The van der Waals surface area contributed by atoms with E-state index in [0.29, 0.717) is 24.5 Å². The summed E-state index contributed by atoms with van der Waals surface area (Å²) in [5, 5.41) is 0. The van der Waals surface area contributed by atoms with Gasteiger partial charge in [0.1, 0.15) is 5.84 Å². The van der Waals surface area contributed by atoms with Crippen LogP contribution in [0.25, 0.3) is 0 Å². The lowest BCUT2D eigenvalue weighted by atomic mass is 9.97. The minimum absolute atomic E-state index is 0.0397. The molecule has 26 heavy (non-hydrogen) atoms. The van der Waals surface area contributed by atoms with Crippen molar-refractivity contribution < 1.29 is 13.2 Å². The SMILES string of the molecule is Cc1cc(Br)cc2c1N(C(=O)C1=CN3CCS(=O)(=O)N=C3C=C1)CCC2. The maximum absolute atomic E-state index is 13.2. The number of anilines is 1. The summed E-state index contributed by atoms with van der Waals surface area (Å²) < 4.78 is 28.0. The molecule has 0 aliphatic carbocycles. The Hall–Kier alpha value is -1.93. The van der Waals surface area contributed by atoms with Gasteiger partial charge in [0.05, 0.1) is 17.0 Å². The molecule has 136 valence electrons. The maximum atomic E-state index is 13.2. The molecule has 1 amide bonds. The van der Waals surface area contributed by atoms with Crippen molar-refractivity contribution in [2.75, 3.05) is 23.7 Å². The first-order chi connectivity index (χ1) is 12.3. The summed E-state index contributed by atoms with van der Waals surface area (Å²) in [6.45, 7) is 3.00. The Balaban J connectivity index is 1.67. The van der Waals surface area contributed by atoms with Gasteiger partial charge >= 0.3 is 0 Å². The molecule has 0 unspecified atom stereocenters. The molecule has 0 fully saturated rings. The number of carbonyl (C=O) groups excluding carboxylic acids is 1. The Morgan fingerprint density at radius 3 is 2.85 bits per heavy atom. The molecule has 3 aliphatic heterocycles. The third-order valence-corrected chi connectivity index (χ3v) is 6.38. The average Bonchev–Trinajstić information content (AvgIpc) is 2.59. The zero-order valence-electron chi connectivity index (χ0n) is 14.3. The second-order valence-corrected chi connectivity index (χ2v) is 9.31. The van der Waals surface area contributed by atoms with Gasteiger partial charge in [0.25, 0.3) is 15.9 Å². The summed E-state index contributed by atoms with van der Waals surface area (Å²) >= 11 is 3.53. The molecule has 0 saturated carbocycles. The topological polar surface area (TPSA) is 70.1 Å². The predicted octanol–water partition coefficient (Wildman–Crippen LogP) is 2.53. The number of benzene rings is 1. The number of halogens is 1. The maximum Gasteiger partial charge on any atom is 0.259 e. The fraction of sp³-hybridized carbons (Fsp3) is 0.333. The van der Waals surface area contributed by atoms with Crippen LogP contribution >= 0.6 is 15.9 Å². The average molecular weight is 436 g/mol. The van der Waals surface area contributed by atoms with Gasteiger partial charge in [0.15, 0.2) is 0 Å². The number of rotatable bonds is 1. The molecule has 4 rings (SSSR count). The van der Waals surface area contributed by atoms with Gasteiger partial charge in [-0.25, -0.2) is 8.42 Å². The first-order valence-corrected chi connectivity index (χ1v) is 10.8. The third kappa shape index (κ3) is 3.12. The molecule has 0 saturated heterocycles. The lowest BCUT2D eigenvalue weighted by molar-refractivity contribution is -0.115. The van der Waals surface area contributed by atoms with E-state index in [9.17, 15) is 13.2 Å². The fourth-order valence-corrected chi connectivity index (χ4v) is 5.20. The van der Waals surface area contributed by atoms with Crippen molar-refractivity contribution in [2.24, 2.45) is 4.40 Å². The van der Waals surface area contributed by atoms with E-state index in [1.54, 1.807) is 23.3 Å². The molecule has 0 N–H and O–H groups in total. The molecule has 1 aromatic rings. The minimum atomic E-state index is -3.40. The Morgan fingerprint density at radius 2 is 2.04 bits per heavy atom. The quantitative estimate of drug-likeness (QED) is 0.679. The van der Waals surface area contributed by atoms with Gasteiger partial charge in [-0.2, -0.15) is 0 Å². The second-order valence-electron chi connectivity index (χ2n) is 6.64. The van der Waals surface area contributed by atoms with E-state index in [1.807, 2.05) is 17.9 Å². The molecular formula is C18H18BrN3O3S.